The van der Waals surface area contributed by atoms with Crippen molar-refractivity contribution in [3.05, 3.63) is 23.3 Å². The molecule has 0 amide bonds. The number of nitrogens with two attached hydrogens (primary N) is 1. The van der Waals surface area contributed by atoms with E-state index < -0.39 is 0 Å². The lowest BCUT2D eigenvalue weighted by molar-refractivity contribution is 0.534. The molecule has 0 radical (unpaired) electrons. The Balaban J connectivity index is 2.89. The minimum atomic E-state index is 0.154. The number of hydrogen-bond acceptors (Lipinski definition) is 1. The van der Waals surface area contributed by atoms with Crippen molar-refractivity contribution in [2.75, 3.05) is 0 Å². The van der Waals surface area contributed by atoms with Crippen LogP contribution in [0.2, 0.25) is 0 Å². The van der Waals surface area contributed by atoms with Gasteiger partial charge in [-0.2, -0.15) is 0 Å². The van der Waals surface area contributed by atoms with Crippen molar-refractivity contribution in [1.29, 1.82) is 0 Å². The van der Waals surface area contributed by atoms with E-state index in [1.807, 2.05) is 0 Å². The molecule has 1 aliphatic carbocycles. The van der Waals surface area contributed by atoms with Gasteiger partial charge in [0.25, 0.3) is 0 Å². The first-order valence-corrected chi connectivity index (χ1v) is 7.18. The van der Waals surface area contributed by atoms with Crippen LogP contribution >= 0.6 is 0 Å². The van der Waals surface area contributed by atoms with Crippen LogP contribution in [0.25, 0.3) is 0 Å². The largest absolute Gasteiger partial charge is 0.321 e. The number of rotatable bonds is 3. The van der Waals surface area contributed by atoms with Crippen LogP contribution in [-0.2, 0) is 0 Å². The van der Waals surface area contributed by atoms with Crippen molar-refractivity contribution < 1.29 is 0 Å². The van der Waals surface area contributed by atoms with Crippen LogP contribution in [0, 0.1) is 11.8 Å². The average molecular weight is 235 g/mol. The second kappa shape index (κ2) is 7.00. The van der Waals surface area contributed by atoms with Gasteiger partial charge in [-0.15, -0.1) is 0 Å². The predicted molar refractivity (Wildman–Crippen MR) is 76.9 cm³/mol. The van der Waals surface area contributed by atoms with Gasteiger partial charge in [0.1, 0.15) is 0 Å². The molecular formula is C16H29N. The van der Waals surface area contributed by atoms with Gasteiger partial charge < -0.3 is 5.73 Å². The second-order valence-corrected chi connectivity index (χ2v) is 5.74. The van der Waals surface area contributed by atoms with Gasteiger partial charge in [-0.25, -0.2) is 0 Å². The second-order valence-electron chi connectivity index (χ2n) is 5.74. The van der Waals surface area contributed by atoms with Gasteiger partial charge >= 0.3 is 0 Å². The van der Waals surface area contributed by atoms with Gasteiger partial charge in [-0.05, 0) is 44.4 Å². The van der Waals surface area contributed by atoms with Crippen molar-refractivity contribution in [2.45, 2.75) is 65.8 Å². The summed E-state index contributed by atoms with van der Waals surface area (Å²) in [6, 6.07) is 0.154. The van der Waals surface area contributed by atoms with Gasteiger partial charge in [0.05, 0.1) is 0 Å². The van der Waals surface area contributed by atoms with Crippen LogP contribution in [0.5, 0.6) is 0 Å². The highest BCUT2D eigenvalue weighted by atomic mass is 14.6. The third-order valence-electron chi connectivity index (χ3n) is 4.02. The molecule has 0 aromatic heterocycles. The highest BCUT2D eigenvalue weighted by molar-refractivity contribution is 5.26. The van der Waals surface area contributed by atoms with Crippen LogP contribution < -0.4 is 5.73 Å². The van der Waals surface area contributed by atoms with Crippen molar-refractivity contribution in [2.24, 2.45) is 17.6 Å². The average Bonchev–Trinajstić information content (AvgIpc) is 2.33. The van der Waals surface area contributed by atoms with E-state index in [2.05, 4.69) is 39.8 Å². The maximum absolute atomic E-state index is 6.40. The van der Waals surface area contributed by atoms with Crippen molar-refractivity contribution in [3.8, 4) is 0 Å². The fourth-order valence-corrected chi connectivity index (χ4v) is 2.67. The summed E-state index contributed by atoms with van der Waals surface area (Å²) in [7, 11) is 0. The van der Waals surface area contributed by atoms with Crippen molar-refractivity contribution >= 4 is 0 Å². The lowest BCUT2D eigenvalue weighted by Gasteiger charge is -2.23. The molecule has 0 aliphatic heterocycles. The topological polar surface area (TPSA) is 26.0 Å². The third-order valence-corrected chi connectivity index (χ3v) is 4.02. The Labute approximate surface area is 107 Å². The number of allylic oxidation sites excluding steroid dienone is 2. The first kappa shape index (κ1) is 14.5. The zero-order valence-corrected chi connectivity index (χ0v) is 12.0. The summed E-state index contributed by atoms with van der Waals surface area (Å²) in [4.78, 5) is 0. The zero-order valence-electron chi connectivity index (χ0n) is 12.0. The van der Waals surface area contributed by atoms with Crippen LogP contribution in [-0.4, -0.2) is 6.04 Å². The van der Waals surface area contributed by atoms with Gasteiger partial charge in [0, 0.05) is 6.04 Å². The van der Waals surface area contributed by atoms with Gasteiger partial charge in [-0.1, -0.05) is 50.5 Å². The molecule has 1 nitrogen and oxygen atoms in total. The molecule has 1 rings (SSSR count). The molecule has 1 heteroatoms. The molecule has 2 N–H and O–H groups in total. The SMILES string of the molecule is CCCC(C)C1=CCC(C)CCC=C(C)C1N. The maximum Gasteiger partial charge on any atom is 0.0470 e. The van der Waals surface area contributed by atoms with Crippen LogP contribution in [0.3, 0.4) is 0 Å². The molecule has 1 aliphatic rings. The molecule has 0 heterocycles. The molecular weight excluding hydrogens is 206 g/mol. The van der Waals surface area contributed by atoms with Crippen LogP contribution in [0.1, 0.15) is 59.8 Å². The monoisotopic (exact) mass is 235 g/mol. The smallest absolute Gasteiger partial charge is 0.0470 e. The molecule has 0 saturated carbocycles. The molecule has 3 unspecified atom stereocenters. The van der Waals surface area contributed by atoms with E-state index >= 15 is 0 Å². The summed E-state index contributed by atoms with van der Waals surface area (Å²) in [5.41, 5.74) is 9.22. The lowest BCUT2D eigenvalue weighted by Crippen LogP contribution is -2.27. The molecule has 0 aromatic rings. The zero-order chi connectivity index (χ0) is 12.8. The van der Waals surface area contributed by atoms with E-state index in [1.54, 1.807) is 0 Å². The molecule has 3 atom stereocenters. The van der Waals surface area contributed by atoms with E-state index in [0.717, 1.165) is 5.92 Å². The standard InChI is InChI=1S/C16H29N/c1-5-7-13(3)15-11-10-12(2)8-6-9-14(4)16(15)17/h9,11-13,16H,5-8,10,17H2,1-4H3. The molecule has 0 bridgehead atoms. The first-order chi connectivity index (χ1) is 8.06. The summed E-state index contributed by atoms with van der Waals surface area (Å²) in [6.07, 6.45) is 10.9. The Morgan fingerprint density at radius 3 is 2.76 bits per heavy atom. The van der Waals surface area contributed by atoms with Gasteiger partial charge in [0.15, 0.2) is 0 Å². The van der Waals surface area contributed by atoms with Gasteiger partial charge in [0.2, 0.25) is 0 Å². The molecule has 0 spiro atoms. The number of hydrogen-bond donors (Lipinski definition) is 1. The minimum absolute atomic E-state index is 0.154. The summed E-state index contributed by atoms with van der Waals surface area (Å²) in [6.45, 7) is 9.11. The Morgan fingerprint density at radius 2 is 2.12 bits per heavy atom. The van der Waals surface area contributed by atoms with E-state index in [9.17, 15) is 0 Å². The highest BCUT2D eigenvalue weighted by Gasteiger charge is 2.18. The maximum atomic E-state index is 6.40. The Hall–Kier alpha value is -0.560. The van der Waals surface area contributed by atoms with Crippen molar-refractivity contribution in [1.82, 2.24) is 0 Å². The molecule has 98 valence electrons. The van der Waals surface area contributed by atoms with Crippen LogP contribution in [0.4, 0.5) is 0 Å². The fourth-order valence-electron chi connectivity index (χ4n) is 2.67. The van der Waals surface area contributed by atoms with E-state index in [4.69, 9.17) is 5.73 Å². The van der Waals surface area contributed by atoms with Crippen molar-refractivity contribution in [3.63, 3.8) is 0 Å². The first-order valence-electron chi connectivity index (χ1n) is 7.18. The van der Waals surface area contributed by atoms with Gasteiger partial charge in [-0.3, -0.25) is 0 Å². The Kier molecular flexibility index (Phi) is 5.97. The summed E-state index contributed by atoms with van der Waals surface area (Å²) in [5.74, 6) is 1.41. The summed E-state index contributed by atoms with van der Waals surface area (Å²) < 4.78 is 0. The molecule has 0 fully saturated rings. The minimum Gasteiger partial charge on any atom is -0.321 e. The summed E-state index contributed by atoms with van der Waals surface area (Å²) >= 11 is 0. The Bertz CT molecular complexity index is 288. The highest BCUT2D eigenvalue weighted by Crippen LogP contribution is 2.27. The van der Waals surface area contributed by atoms with E-state index in [1.165, 1.54) is 43.3 Å². The quantitative estimate of drug-likeness (QED) is 0.719. The predicted octanol–water partition coefficient (Wildman–Crippen LogP) is 4.44. The molecule has 0 saturated heterocycles. The fraction of sp³-hybridized carbons (Fsp3) is 0.750. The van der Waals surface area contributed by atoms with Crippen LogP contribution in [0.15, 0.2) is 23.3 Å². The lowest BCUT2D eigenvalue weighted by atomic mass is 9.86. The van der Waals surface area contributed by atoms with E-state index in [-0.39, 0.29) is 6.04 Å². The normalized spacial score (nSPS) is 28.5. The Morgan fingerprint density at radius 1 is 1.41 bits per heavy atom. The third kappa shape index (κ3) is 4.31. The molecule has 0 aromatic carbocycles. The molecule has 17 heavy (non-hydrogen) atoms. The summed E-state index contributed by atoms with van der Waals surface area (Å²) in [5, 5.41) is 0. The van der Waals surface area contributed by atoms with E-state index in [0.29, 0.717) is 5.92 Å².